The number of benzene rings is 2. The second kappa shape index (κ2) is 9.67. The monoisotopic (exact) mass is 421 g/mol. The molecular formula is C21H24ClNO6. The first-order valence-corrected chi connectivity index (χ1v) is 9.56. The van der Waals surface area contributed by atoms with Crippen LogP contribution in [0.5, 0.6) is 0 Å². The molecule has 2 aromatic carbocycles. The maximum Gasteiger partial charge on any atom is 0.113 e. The Hall–Kier alpha value is -2.00. The van der Waals surface area contributed by atoms with Crippen molar-refractivity contribution in [2.75, 3.05) is 13.7 Å². The van der Waals surface area contributed by atoms with Crippen LogP contribution in [0.25, 0.3) is 0 Å². The maximum absolute atomic E-state index is 10.4. The van der Waals surface area contributed by atoms with E-state index in [9.17, 15) is 20.4 Å². The summed E-state index contributed by atoms with van der Waals surface area (Å²) >= 11 is 6.36. The summed E-state index contributed by atoms with van der Waals surface area (Å²) in [5.41, 5.74) is 3.34. The Balaban J connectivity index is 1.81. The molecule has 0 bridgehead atoms. The van der Waals surface area contributed by atoms with E-state index in [-0.39, 0.29) is 0 Å². The summed E-state index contributed by atoms with van der Waals surface area (Å²) in [6.07, 6.45) is -3.85. The number of nitrogens with zero attached hydrogens (tertiary/aromatic N) is 1. The summed E-state index contributed by atoms with van der Waals surface area (Å²) in [6, 6.07) is 12.9. The van der Waals surface area contributed by atoms with Gasteiger partial charge in [0.25, 0.3) is 0 Å². The fraction of sp³-hybridized carbons (Fsp3) is 0.381. The Morgan fingerprint density at radius 2 is 1.79 bits per heavy atom. The Bertz CT molecular complexity index is 842. The summed E-state index contributed by atoms with van der Waals surface area (Å²) < 4.78 is 5.64. The number of ether oxygens (including phenoxy) is 1. The molecule has 0 spiro atoms. The summed E-state index contributed by atoms with van der Waals surface area (Å²) in [6.45, 7) is -0.472. The Kier molecular flexibility index (Phi) is 7.23. The summed E-state index contributed by atoms with van der Waals surface area (Å²) in [5.74, 6) is 0. The molecule has 5 atom stereocenters. The van der Waals surface area contributed by atoms with Crippen LogP contribution < -0.4 is 0 Å². The highest BCUT2D eigenvalue weighted by molar-refractivity contribution is 6.31. The van der Waals surface area contributed by atoms with Crippen molar-refractivity contribution in [3.05, 3.63) is 69.7 Å². The number of hydrogen-bond donors (Lipinski definition) is 4. The van der Waals surface area contributed by atoms with Crippen molar-refractivity contribution in [2.45, 2.75) is 36.9 Å². The van der Waals surface area contributed by atoms with Crippen molar-refractivity contribution in [1.29, 1.82) is 0 Å². The zero-order valence-electron chi connectivity index (χ0n) is 15.9. The fourth-order valence-corrected chi connectivity index (χ4v) is 3.52. The fourth-order valence-electron chi connectivity index (χ4n) is 3.34. The van der Waals surface area contributed by atoms with Gasteiger partial charge in [0.05, 0.1) is 12.8 Å². The minimum Gasteiger partial charge on any atom is -0.399 e. The lowest BCUT2D eigenvalue weighted by molar-refractivity contribution is -0.231. The highest BCUT2D eigenvalue weighted by atomic mass is 35.5. The third-order valence-electron chi connectivity index (χ3n) is 4.97. The normalized spacial score (nSPS) is 27.3. The molecule has 2 aromatic rings. The third kappa shape index (κ3) is 4.95. The Morgan fingerprint density at radius 3 is 2.45 bits per heavy atom. The van der Waals surface area contributed by atoms with Gasteiger partial charge in [-0.1, -0.05) is 53.2 Å². The lowest BCUT2D eigenvalue weighted by Crippen LogP contribution is -2.55. The zero-order chi connectivity index (χ0) is 21.0. The van der Waals surface area contributed by atoms with Crippen LogP contribution >= 0.6 is 11.6 Å². The molecular weight excluding hydrogens is 398 g/mol. The molecule has 0 unspecified atom stereocenters. The van der Waals surface area contributed by atoms with Crippen LogP contribution in [-0.4, -0.2) is 64.8 Å². The average Bonchev–Trinajstić information content (AvgIpc) is 2.73. The second-order valence-corrected chi connectivity index (χ2v) is 7.34. The van der Waals surface area contributed by atoms with Crippen molar-refractivity contribution < 1.29 is 30.0 Å². The molecule has 1 saturated heterocycles. The first-order chi connectivity index (χ1) is 13.9. The van der Waals surface area contributed by atoms with Gasteiger partial charge in [-0.3, -0.25) is 0 Å². The number of hydrogen-bond acceptors (Lipinski definition) is 7. The van der Waals surface area contributed by atoms with E-state index < -0.39 is 37.1 Å². The molecule has 0 aromatic heterocycles. The highest BCUT2D eigenvalue weighted by Gasteiger charge is 2.43. The minimum atomic E-state index is -1.42. The van der Waals surface area contributed by atoms with Crippen LogP contribution in [0, 0.1) is 0 Å². The second-order valence-electron chi connectivity index (χ2n) is 6.94. The molecule has 3 rings (SSSR count). The number of aliphatic hydroxyl groups is 4. The molecule has 1 fully saturated rings. The van der Waals surface area contributed by atoms with Crippen LogP contribution in [0.3, 0.4) is 0 Å². The molecule has 4 N–H and O–H groups in total. The van der Waals surface area contributed by atoms with Crippen molar-refractivity contribution >= 4 is 17.8 Å². The molecule has 156 valence electrons. The van der Waals surface area contributed by atoms with Crippen molar-refractivity contribution in [3.8, 4) is 0 Å². The molecule has 0 amide bonds. The Labute approximate surface area is 173 Å². The molecule has 0 aliphatic carbocycles. The molecule has 8 heteroatoms. The van der Waals surface area contributed by atoms with Crippen molar-refractivity contribution in [1.82, 2.24) is 0 Å². The predicted molar refractivity (Wildman–Crippen MR) is 108 cm³/mol. The van der Waals surface area contributed by atoms with Crippen LogP contribution in [0.1, 0.15) is 28.4 Å². The van der Waals surface area contributed by atoms with E-state index in [1.165, 1.54) is 7.11 Å². The van der Waals surface area contributed by atoms with Crippen molar-refractivity contribution in [3.63, 3.8) is 0 Å². The number of oxime groups is 1. The van der Waals surface area contributed by atoms with Crippen LogP contribution in [0.15, 0.2) is 47.6 Å². The van der Waals surface area contributed by atoms with E-state index in [1.54, 1.807) is 24.4 Å². The standard InChI is InChI=1S/C21H24ClNO6/c1-28-23-10-13-4-2-12(3-5-13)8-15-9-14(6-7-16(15)22)21-20(27)19(26)18(25)17(11-24)29-21/h2-7,9-10,17-21,24-27H,8,11H2,1H3/t17-,18-,19+,20-,21+/m1/s1. The Morgan fingerprint density at radius 1 is 1.07 bits per heavy atom. The SMILES string of the molecule is CON=Cc1ccc(Cc2cc([C@@H]3O[C@H](CO)[C@@H](O)[C@H](O)[C@H]3O)ccc2Cl)cc1. The van der Waals surface area contributed by atoms with Gasteiger partial charge in [0, 0.05) is 5.02 Å². The minimum absolute atomic E-state index is 0.472. The highest BCUT2D eigenvalue weighted by Crippen LogP contribution is 2.34. The molecule has 1 aliphatic heterocycles. The smallest absolute Gasteiger partial charge is 0.113 e. The number of halogens is 1. The topological polar surface area (TPSA) is 112 Å². The quantitative estimate of drug-likeness (QED) is 0.414. The van der Waals surface area contributed by atoms with Gasteiger partial charge in [-0.25, -0.2) is 0 Å². The van der Waals surface area contributed by atoms with Gasteiger partial charge in [-0.05, 0) is 34.7 Å². The van der Waals surface area contributed by atoms with Gasteiger partial charge in [0.2, 0.25) is 0 Å². The zero-order valence-corrected chi connectivity index (χ0v) is 16.6. The molecule has 29 heavy (non-hydrogen) atoms. The van der Waals surface area contributed by atoms with Crippen LogP contribution in [0.2, 0.25) is 5.02 Å². The van der Waals surface area contributed by atoms with Gasteiger partial charge in [0.15, 0.2) is 0 Å². The third-order valence-corrected chi connectivity index (χ3v) is 5.34. The van der Waals surface area contributed by atoms with Crippen LogP contribution in [-0.2, 0) is 16.0 Å². The lowest BCUT2D eigenvalue weighted by Gasteiger charge is -2.40. The van der Waals surface area contributed by atoms with E-state index in [4.69, 9.17) is 16.3 Å². The summed E-state index contributed by atoms with van der Waals surface area (Å²) in [5, 5.41) is 44.0. The molecule has 0 saturated carbocycles. The molecule has 0 radical (unpaired) electrons. The summed E-state index contributed by atoms with van der Waals surface area (Å²) in [7, 11) is 1.48. The van der Waals surface area contributed by atoms with E-state index >= 15 is 0 Å². The number of rotatable bonds is 6. The van der Waals surface area contributed by atoms with Gasteiger partial charge < -0.3 is 30.0 Å². The maximum atomic E-state index is 10.4. The molecule has 1 aliphatic rings. The van der Waals surface area contributed by atoms with Crippen molar-refractivity contribution in [2.24, 2.45) is 5.16 Å². The predicted octanol–water partition coefficient (Wildman–Crippen LogP) is 1.43. The van der Waals surface area contributed by atoms with Crippen LogP contribution in [0.4, 0.5) is 0 Å². The van der Waals surface area contributed by atoms with E-state index in [0.29, 0.717) is 17.0 Å². The first kappa shape index (κ1) is 21.7. The van der Waals surface area contributed by atoms with Gasteiger partial charge in [0.1, 0.15) is 37.6 Å². The summed E-state index contributed by atoms with van der Waals surface area (Å²) in [4.78, 5) is 4.67. The number of aliphatic hydroxyl groups excluding tert-OH is 4. The van der Waals surface area contributed by atoms with E-state index in [0.717, 1.165) is 16.7 Å². The largest absolute Gasteiger partial charge is 0.399 e. The van der Waals surface area contributed by atoms with Gasteiger partial charge >= 0.3 is 0 Å². The van der Waals surface area contributed by atoms with Gasteiger partial charge in [-0.2, -0.15) is 0 Å². The molecule has 1 heterocycles. The average molecular weight is 422 g/mol. The van der Waals surface area contributed by atoms with E-state index in [2.05, 4.69) is 9.99 Å². The van der Waals surface area contributed by atoms with E-state index in [1.807, 2.05) is 24.3 Å². The molecule has 7 nitrogen and oxygen atoms in total. The van der Waals surface area contributed by atoms with Gasteiger partial charge in [-0.15, -0.1) is 0 Å². The first-order valence-electron chi connectivity index (χ1n) is 9.19. The lowest BCUT2D eigenvalue weighted by atomic mass is 9.90.